The molecule has 4 heterocycles. The summed E-state index contributed by atoms with van der Waals surface area (Å²) in [5.41, 5.74) is 6.18. The molecule has 2 aliphatic rings. The molecular formula is C42H24N2O8S2. The largest absolute Gasteiger partial charge is 0.455 e. The topological polar surface area (TPSA) is 123 Å². The van der Waals surface area contributed by atoms with Gasteiger partial charge in [-0.1, -0.05) is 48.5 Å². The lowest BCUT2D eigenvalue weighted by molar-refractivity contribution is 0.442. The minimum atomic E-state index is -3.81. The van der Waals surface area contributed by atoms with Crippen molar-refractivity contribution >= 4 is 64.1 Å². The fourth-order valence-electron chi connectivity index (χ4n) is 7.42. The molecule has 54 heavy (non-hydrogen) atoms. The number of nitrogens with zero attached hydrogens (tertiary/aromatic N) is 2. The summed E-state index contributed by atoms with van der Waals surface area (Å²) in [6.07, 6.45) is 0. The van der Waals surface area contributed by atoms with E-state index in [4.69, 9.17) is 18.3 Å². The van der Waals surface area contributed by atoms with Gasteiger partial charge in [-0.05, 0) is 72.8 Å². The highest BCUT2D eigenvalue weighted by molar-refractivity contribution is 7.92. The highest BCUT2D eigenvalue weighted by Crippen LogP contribution is 2.46. The second-order valence-electron chi connectivity index (χ2n) is 13.0. The first-order chi connectivity index (χ1) is 26.3. The lowest BCUT2D eigenvalue weighted by Crippen LogP contribution is -2.12. The minimum Gasteiger partial charge on any atom is -0.455 e. The van der Waals surface area contributed by atoms with E-state index in [-0.39, 0.29) is 42.6 Å². The molecule has 0 saturated heterocycles. The number of ether oxygens (including phenoxy) is 2. The van der Waals surface area contributed by atoms with Crippen LogP contribution in [0.1, 0.15) is 0 Å². The van der Waals surface area contributed by atoms with Gasteiger partial charge in [0.1, 0.15) is 42.6 Å². The molecule has 10 nitrogen and oxygen atoms in total. The zero-order valence-electron chi connectivity index (χ0n) is 27.8. The number of sulfone groups is 2. The molecule has 0 saturated carbocycles. The lowest BCUT2D eigenvalue weighted by atomic mass is 10.2. The second kappa shape index (κ2) is 10.9. The number of rotatable bonds is 2. The van der Waals surface area contributed by atoms with E-state index in [1.165, 1.54) is 0 Å². The third-order valence-electron chi connectivity index (χ3n) is 9.84. The molecule has 0 spiro atoms. The van der Waals surface area contributed by atoms with E-state index in [1.54, 1.807) is 84.9 Å². The zero-order valence-corrected chi connectivity index (χ0v) is 29.5. The summed E-state index contributed by atoms with van der Waals surface area (Å²) in [4.78, 5) is 0.409. The molecule has 11 rings (SSSR count). The summed E-state index contributed by atoms with van der Waals surface area (Å²) < 4.78 is 83.7. The van der Waals surface area contributed by atoms with Crippen molar-refractivity contribution in [2.75, 3.05) is 0 Å². The molecule has 262 valence electrons. The van der Waals surface area contributed by atoms with Gasteiger partial charge in [0.05, 0.1) is 33.4 Å². The van der Waals surface area contributed by atoms with Crippen LogP contribution < -0.4 is 9.47 Å². The van der Waals surface area contributed by atoms with E-state index in [0.29, 0.717) is 44.7 Å². The van der Waals surface area contributed by atoms with Gasteiger partial charge >= 0.3 is 0 Å². The van der Waals surface area contributed by atoms with Crippen molar-refractivity contribution in [1.82, 2.24) is 9.13 Å². The summed E-state index contributed by atoms with van der Waals surface area (Å²) >= 11 is 0. The SMILES string of the molecule is O=S1(=O)c2ccccc2Oc2cc(-n3c4ccccc4oc4cc5c(cc43)oc3ccccc3n5-c3ccc4c(c3)Oc3ccccc3S4(=O)=O)ccc21. The Morgan fingerprint density at radius 1 is 0.352 bits per heavy atom. The number of aromatic nitrogens is 2. The summed E-state index contributed by atoms with van der Waals surface area (Å²) in [7, 11) is -7.61. The molecule has 2 aliphatic heterocycles. The standard InChI is InChI=1S/C42H24N2O8S2/c45-53(46)39-15-7-5-13-33(39)51-37-21-25(17-19-41(37)53)43-27-9-1-3-11-31(27)49-35-24-30-36(23-29(35)43)50-32-12-4-2-10-28(32)44(30)26-18-20-42-38(22-26)52-34-14-6-8-16-40(34)54(42,47)48/h1-24H. The molecule has 0 N–H and O–H groups in total. The van der Waals surface area contributed by atoms with E-state index in [9.17, 15) is 16.8 Å². The van der Waals surface area contributed by atoms with Gasteiger partial charge in [0.15, 0.2) is 22.3 Å². The van der Waals surface area contributed by atoms with Crippen molar-refractivity contribution in [3.05, 3.63) is 146 Å². The molecule has 0 atom stereocenters. The molecule has 0 amide bonds. The first-order valence-corrected chi connectivity index (χ1v) is 19.9. The maximum Gasteiger partial charge on any atom is 0.213 e. The summed E-state index contributed by atoms with van der Waals surface area (Å²) in [6.45, 7) is 0. The van der Waals surface area contributed by atoms with Crippen LogP contribution in [0, 0.1) is 0 Å². The number of benzene rings is 7. The molecular weight excluding hydrogens is 725 g/mol. The van der Waals surface area contributed by atoms with Crippen molar-refractivity contribution in [2.45, 2.75) is 19.6 Å². The zero-order chi connectivity index (χ0) is 36.3. The van der Waals surface area contributed by atoms with Crippen LogP contribution in [0.4, 0.5) is 0 Å². The van der Waals surface area contributed by atoms with Crippen LogP contribution in [0.3, 0.4) is 0 Å². The average molecular weight is 749 g/mol. The molecule has 0 fully saturated rings. The van der Waals surface area contributed by atoms with Gasteiger partial charge in [-0.2, -0.15) is 0 Å². The minimum absolute atomic E-state index is 0.0815. The third-order valence-corrected chi connectivity index (χ3v) is 13.5. The number of fused-ring (bicyclic) bond motifs is 8. The number of hydrogen-bond donors (Lipinski definition) is 0. The van der Waals surface area contributed by atoms with Crippen molar-refractivity contribution in [2.24, 2.45) is 0 Å². The molecule has 0 aliphatic carbocycles. The van der Waals surface area contributed by atoms with E-state index < -0.39 is 19.7 Å². The normalized spacial score (nSPS) is 14.8. The fraction of sp³-hybridized carbons (Fsp3) is 0. The maximum absolute atomic E-state index is 13.6. The first kappa shape index (κ1) is 30.8. The summed E-state index contributed by atoms with van der Waals surface area (Å²) in [6, 6.07) is 42.1. The summed E-state index contributed by atoms with van der Waals surface area (Å²) in [5.74, 6) is 0.955. The third kappa shape index (κ3) is 4.32. The Balaban J connectivity index is 1.17. The quantitative estimate of drug-likeness (QED) is 0.160. The van der Waals surface area contributed by atoms with Gasteiger partial charge < -0.3 is 27.4 Å². The fourth-order valence-corrected chi connectivity index (χ4v) is 10.4. The average Bonchev–Trinajstić information content (AvgIpc) is 3.18. The molecule has 2 aromatic heterocycles. The number of hydrogen-bond acceptors (Lipinski definition) is 8. The lowest BCUT2D eigenvalue weighted by Gasteiger charge is -2.23. The predicted molar refractivity (Wildman–Crippen MR) is 201 cm³/mol. The van der Waals surface area contributed by atoms with Crippen LogP contribution in [-0.4, -0.2) is 26.0 Å². The highest BCUT2D eigenvalue weighted by atomic mass is 32.2. The van der Waals surface area contributed by atoms with E-state index >= 15 is 0 Å². The van der Waals surface area contributed by atoms with Crippen LogP contribution in [0.25, 0.3) is 55.8 Å². The van der Waals surface area contributed by atoms with E-state index in [1.807, 2.05) is 69.8 Å². The van der Waals surface area contributed by atoms with Crippen LogP contribution in [-0.2, 0) is 19.7 Å². The van der Waals surface area contributed by atoms with Gasteiger partial charge in [-0.15, -0.1) is 0 Å². The maximum atomic E-state index is 13.6. The van der Waals surface area contributed by atoms with Crippen molar-refractivity contribution in [3.8, 4) is 34.4 Å². The Hall–Kier alpha value is -6.76. The Bertz CT molecular complexity index is 3160. The van der Waals surface area contributed by atoms with Crippen LogP contribution in [0.5, 0.6) is 23.0 Å². The van der Waals surface area contributed by atoms with Gasteiger partial charge in [0.25, 0.3) is 0 Å². The summed E-state index contributed by atoms with van der Waals surface area (Å²) in [5, 5.41) is 0. The number of para-hydroxylation sites is 6. The van der Waals surface area contributed by atoms with Gasteiger partial charge in [-0.3, -0.25) is 0 Å². The molecule has 0 radical (unpaired) electrons. The highest BCUT2D eigenvalue weighted by Gasteiger charge is 2.33. The van der Waals surface area contributed by atoms with Crippen molar-refractivity contribution < 1.29 is 35.1 Å². The Labute approximate surface area is 306 Å². The van der Waals surface area contributed by atoms with Crippen LogP contribution in [0.2, 0.25) is 0 Å². The van der Waals surface area contributed by atoms with E-state index in [0.717, 1.165) is 11.0 Å². The predicted octanol–water partition coefficient (Wildman–Crippen LogP) is 10.1. The smallest absolute Gasteiger partial charge is 0.213 e. The first-order valence-electron chi connectivity index (χ1n) is 16.9. The van der Waals surface area contributed by atoms with E-state index in [2.05, 4.69) is 0 Å². The van der Waals surface area contributed by atoms with Crippen molar-refractivity contribution in [3.63, 3.8) is 0 Å². The second-order valence-corrected chi connectivity index (χ2v) is 16.7. The van der Waals surface area contributed by atoms with Crippen LogP contribution >= 0.6 is 0 Å². The monoisotopic (exact) mass is 748 g/mol. The molecule has 9 aromatic rings. The molecule has 0 unspecified atom stereocenters. The Morgan fingerprint density at radius 3 is 1.20 bits per heavy atom. The van der Waals surface area contributed by atoms with Gasteiger partial charge in [-0.25, -0.2) is 16.8 Å². The van der Waals surface area contributed by atoms with Crippen LogP contribution in [0.15, 0.2) is 174 Å². The Morgan fingerprint density at radius 2 is 0.741 bits per heavy atom. The van der Waals surface area contributed by atoms with Crippen molar-refractivity contribution in [1.29, 1.82) is 0 Å². The van der Waals surface area contributed by atoms with Gasteiger partial charge in [0, 0.05) is 24.3 Å². The Kier molecular flexibility index (Phi) is 6.21. The molecule has 7 aromatic carbocycles. The molecule has 12 heteroatoms. The molecule has 0 bridgehead atoms. The van der Waals surface area contributed by atoms with Gasteiger partial charge in [0.2, 0.25) is 19.7 Å².